The highest BCUT2D eigenvalue weighted by molar-refractivity contribution is 6.28. The topological polar surface area (TPSA) is 63.6 Å². The van der Waals surface area contributed by atoms with Crippen molar-refractivity contribution in [2.24, 2.45) is 0 Å². The molecule has 0 atom stereocenters. The second-order valence-electron chi connectivity index (χ2n) is 6.67. The van der Waals surface area contributed by atoms with E-state index in [0.717, 1.165) is 54.3 Å². The zero-order chi connectivity index (χ0) is 19.7. The molecular formula is C20H22ClN5O2. The lowest BCUT2D eigenvalue weighted by molar-refractivity contribution is 0.356. The van der Waals surface area contributed by atoms with Crippen molar-refractivity contribution < 1.29 is 9.47 Å². The molecule has 146 valence electrons. The fourth-order valence-corrected chi connectivity index (χ4v) is 3.81. The molecule has 8 heteroatoms. The summed E-state index contributed by atoms with van der Waals surface area (Å²) in [6, 6.07) is 7.94. The molecule has 1 aromatic carbocycles. The van der Waals surface area contributed by atoms with Gasteiger partial charge in [0.25, 0.3) is 0 Å². The van der Waals surface area contributed by atoms with E-state index in [9.17, 15) is 0 Å². The second kappa shape index (κ2) is 7.67. The molecule has 0 radical (unpaired) electrons. The van der Waals surface area contributed by atoms with Gasteiger partial charge in [0.15, 0.2) is 11.5 Å². The molecule has 4 rings (SSSR count). The number of ether oxygens (including phenoxy) is 2. The molecule has 0 bridgehead atoms. The monoisotopic (exact) mass is 399 g/mol. The molecular weight excluding hydrogens is 378 g/mol. The zero-order valence-electron chi connectivity index (χ0n) is 16.1. The number of piperazine rings is 1. The fourth-order valence-electron chi connectivity index (χ4n) is 3.59. The van der Waals surface area contributed by atoms with E-state index in [1.165, 1.54) is 0 Å². The maximum atomic E-state index is 6.02. The van der Waals surface area contributed by atoms with Gasteiger partial charge >= 0.3 is 0 Å². The van der Waals surface area contributed by atoms with E-state index in [2.05, 4.69) is 30.8 Å². The van der Waals surface area contributed by atoms with Gasteiger partial charge in [-0.15, -0.1) is 0 Å². The number of benzene rings is 1. The Kier molecular flexibility index (Phi) is 5.09. The third kappa shape index (κ3) is 3.49. The van der Waals surface area contributed by atoms with Gasteiger partial charge in [-0.05, 0) is 30.7 Å². The number of rotatable bonds is 4. The average molecular weight is 400 g/mol. The van der Waals surface area contributed by atoms with Gasteiger partial charge in [-0.2, -0.15) is 0 Å². The van der Waals surface area contributed by atoms with E-state index < -0.39 is 0 Å². The lowest BCUT2D eigenvalue weighted by Gasteiger charge is -2.37. The highest BCUT2D eigenvalue weighted by Crippen LogP contribution is 2.36. The van der Waals surface area contributed by atoms with Crippen LogP contribution >= 0.6 is 11.6 Å². The smallest absolute Gasteiger partial charge is 0.224 e. The SMILES string of the molecule is COc1cc2nccc(N3CCN(c4cc(C)nc(Cl)n4)CC3)c2cc1OC. The van der Waals surface area contributed by atoms with Gasteiger partial charge in [-0.1, -0.05) is 0 Å². The van der Waals surface area contributed by atoms with Crippen LogP contribution in [-0.2, 0) is 0 Å². The summed E-state index contributed by atoms with van der Waals surface area (Å²) < 4.78 is 10.9. The standard InChI is InChI=1S/C20H22ClN5O2/c1-13-10-19(24-20(21)23-13)26-8-6-25(7-9-26)16-4-5-22-15-12-18(28-3)17(27-2)11-14(15)16/h4-5,10-12H,6-9H2,1-3H3. The molecule has 0 spiro atoms. The van der Waals surface area contributed by atoms with Crippen LogP contribution in [0.1, 0.15) is 5.69 Å². The maximum Gasteiger partial charge on any atom is 0.224 e. The molecule has 28 heavy (non-hydrogen) atoms. The van der Waals surface area contributed by atoms with Crippen LogP contribution in [0.4, 0.5) is 11.5 Å². The lowest BCUT2D eigenvalue weighted by atomic mass is 10.1. The van der Waals surface area contributed by atoms with Crippen LogP contribution < -0.4 is 19.3 Å². The van der Waals surface area contributed by atoms with Crippen LogP contribution in [0.5, 0.6) is 11.5 Å². The Morgan fingerprint density at radius 3 is 2.29 bits per heavy atom. The first kappa shape index (κ1) is 18.6. The van der Waals surface area contributed by atoms with Crippen LogP contribution in [0.15, 0.2) is 30.5 Å². The predicted molar refractivity (Wildman–Crippen MR) is 111 cm³/mol. The minimum Gasteiger partial charge on any atom is -0.493 e. The first-order valence-corrected chi connectivity index (χ1v) is 9.48. The molecule has 0 aliphatic carbocycles. The van der Waals surface area contributed by atoms with Gasteiger partial charge < -0.3 is 19.3 Å². The van der Waals surface area contributed by atoms with Crippen molar-refractivity contribution in [1.82, 2.24) is 15.0 Å². The van der Waals surface area contributed by atoms with Crippen molar-refractivity contribution in [3.8, 4) is 11.5 Å². The number of methoxy groups -OCH3 is 2. The number of aryl methyl sites for hydroxylation is 1. The molecule has 1 aliphatic rings. The molecule has 1 fully saturated rings. The highest BCUT2D eigenvalue weighted by atomic mass is 35.5. The number of anilines is 2. The maximum absolute atomic E-state index is 6.02. The summed E-state index contributed by atoms with van der Waals surface area (Å²) >= 11 is 6.02. The summed E-state index contributed by atoms with van der Waals surface area (Å²) in [6.07, 6.45) is 1.84. The van der Waals surface area contributed by atoms with Gasteiger partial charge in [0.1, 0.15) is 5.82 Å². The van der Waals surface area contributed by atoms with Gasteiger partial charge in [-0.25, -0.2) is 9.97 Å². The Labute approximate surface area is 168 Å². The Hall–Kier alpha value is -2.80. The van der Waals surface area contributed by atoms with E-state index >= 15 is 0 Å². The number of hydrogen-bond acceptors (Lipinski definition) is 7. The van der Waals surface area contributed by atoms with Crippen molar-refractivity contribution >= 4 is 34.0 Å². The number of pyridine rings is 1. The molecule has 2 aromatic heterocycles. The average Bonchev–Trinajstić information content (AvgIpc) is 2.71. The summed E-state index contributed by atoms with van der Waals surface area (Å²) in [5, 5.41) is 1.34. The summed E-state index contributed by atoms with van der Waals surface area (Å²) in [4.78, 5) is 17.6. The van der Waals surface area contributed by atoms with Gasteiger partial charge in [0.05, 0.1) is 19.7 Å². The van der Waals surface area contributed by atoms with Crippen LogP contribution in [0.3, 0.4) is 0 Å². The Bertz CT molecular complexity index is 985. The van der Waals surface area contributed by atoms with Crippen LogP contribution in [-0.4, -0.2) is 55.4 Å². The fraction of sp³-hybridized carbons (Fsp3) is 0.350. The largest absolute Gasteiger partial charge is 0.493 e. The van der Waals surface area contributed by atoms with E-state index in [1.54, 1.807) is 14.2 Å². The summed E-state index contributed by atoms with van der Waals surface area (Å²) in [5.41, 5.74) is 2.90. The summed E-state index contributed by atoms with van der Waals surface area (Å²) in [5.74, 6) is 2.26. The molecule has 3 heterocycles. The molecule has 3 aromatic rings. The number of nitrogens with zero attached hydrogens (tertiary/aromatic N) is 5. The number of aromatic nitrogens is 3. The molecule has 0 saturated carbocycles. The first-order valence-electron chi connectivity index (χ1n) is 9.11. The minimum absolute atomic E-state index is 0.290. The number of halogens is 1. The quantitative estimate of drug-likeness (QED) is 0.623. The van der Waals surface area contributed by atoms with Crippen molar-refractivity contribution in [2.45, 2.75) is 6.92 Å². The minimum atomic E-state index is 0.290. The molecule has 0 unspecified atom stereocenters. The zero-order valence-corrected chi connectivity index (χ0v) is 16.9. The molecule has 0 amide bonds. The van der Waals surface area contributed by atoms with E-state index in [-0.39, 0.29) is 0 Å². The Morgan fingerprint density at radius 2 is 1.61 bits per heavy atom. The van der Waals surface area contributed by atoms with Gasteiger partial charge in [0.2, 0.25) is 5.28 Å². The first-order chi connectivity index (χ1) is 13.6. The third-order valence-electron chi connectivity index (χ3n) is 4.98. The molecule has 0 N–H and O–H groups in total. The van der Waals surface area contributed by atoms with Crippen molar-refractivity contribution in [3.63, 3.8) is 0 Å². The van der Waals surface area contributed by atoms with Crippen LogP contribution in [0.2, 0.25) is 5.28 Å². The third-order valence-corrected chi connectivity index (χ3v) is 5.15. The van der Waals surface area contributed by atoms with Crippen molar-refractivity contribution in [2.75, 3.05) is 50.2 Å². The number of fused-ring (bicyclic) bond motifs is 1. The molecule has 1 saturated heterocycles. The number of hydrogen-bond donors (Lipinski definition) is 0. The Balaban J connectivity index is 1.60. The highest BCUT2D eigenvalue weighted by Gasteiger charge is 2.21. The van der Waals surface area contributed by atoms with Gasteiger partial charge in [0, 0.05) is 61.3 Å². The van der Waals surface area contributed by atoms with E-state index in [4.69, 9.17) is 21.1 Å². The molecule has 7 nitrogen and oxygen atoms in total. The van der Waals surface area contributed by atoms with E-state index in [0.29, 0.717) is 16.8 Å². The normalized spacial score (nSPS) is 14.4. The van der Waals surface area contributed by atoms with Crippen LogP contribution in [0, 0.1) is 6.92 Å². The predicted octanol–water partition coefficient (Wildman–Crippen LogP) is 3.33. The Morgan fingerprint density at radius 1 is 0.929 bits per heavy atom. The molecule has 1 aliphatic heterocycles. The summed E-state index contributed by atoms with van der Waals surface area (Å²) in [7, 11) is 3.28. The van der Waals surface area contributed by atoms with Gasteiger partial charge in [-0.3, -0.25) is 4.98 Å². The van der Waals surface area contributed by atoms with Crippen LogP contribution in [0.25, 0.3) is 10.9 Å². The van der Waals surface area contributed by atoms with Crippen molar-refractivity contribution in [1.29, 1.82) is 0 Å². The van der Waals surface area contributed by atoms with E-state index in [1.807, 2.05) is 31.3 Å². The lowest BCUT2D eigenvalue weighted by Crippen LogP contribution is -2.47. The summed E-state index contributed by atoms with van der Waals surface area (Å²) in [6.45, 7) is 5.37. The second-order valence-corrected chi connectivity index (χ2v) is 7.00. The van der Waals surface area contributed by atoms with Crippen molar-refractivity contribution in [3.05, 3.63) is 41.4 Å².